The Morgan fingerprint density at radius 1 is 1.57 bits per heavy atom. The minimum Gasteiger partial charge on any atom is -0.380 e. The summed E-state index contributed by atoms with van der Waals surface area (Å²) in [5.74, 6) is 0.0289. The maximum absolute atomic E-state index is 11.5. The summed E-state index contributed by atoms with van der Waals surface area (Å²) in [4.78, 5) is 11.5. The number of carbonyl (C=O) groups excluding carboxylic acids is 1. The number of hydrogen-bond acceptors (Lipinski definition) is 3. The SMILES string of the molecule is CCOCCNC(=O)C(C)=C1CNC1. The second kappa shape index (κ2) is 5.78. The number of rotatable bonds is 5. The Labute approximate surface area is 84.7 Å². The van der Waals surface area contributed by atoms with Crippen LogP contribution in [0, 0.1) is 0 Å². The zero-order valence-electron chi connectivity index (χ0n) is 8.85. The number of carbonyl (C=O) groups is 1. The molecular formula is C10H18N2O2. The standard InChI is InChI=1S/C10H18N2O2/c1-3-14-5-4-12-10(13)8(2)9-6-11-7-9/h11H,3-7H2,1-2H3,(H,12,13). The van der Waals surface area contributed by atoms with Crippen LogP contribution in [0.2, 0.25) is 0 Å². The molecule has 1 amide bonds. The molecule has 1 saturated heterocycles. The molecule has 0 bridgehead atoms. The molecule has 0 saturated carbocycles. The first kappa shape index (κ1) is 11.2. The molecular weight excluding hydrogens is 180 g/mol. The van der Waals surface area contributed by atoms with Gasteiger partial charge in [-0.15, -0.1) is 0 Å². The lowest BCUT2D eigenvalue weighted by Gasteiger charge is -2.21. The molecule has 1 rings (SSSR count). The van der Waals surface area contributed by atoms with E-state index in [4.69, 9.17) is 4.74 Å². The summed E-state index contributed by atoms with van der Waals surface area (Å²) >= 11 is 0. The molecule has 1 heterocycles. The first-order valence-corrected chi connectivity index (χ1v) is 5.01. The fraction of sp³-hybridized carbons (Fsp3) is 0.700. The molecule has 4 heteroatoms. The van der Waals surface area contributed by atoms with E-state index in [1.54, 1.807) is 0 Å². The molecule has 0 aromatic carbocycles. The van der Waals surface area contributed by atoms with Crippen LogP contribution in [0.15, 0.2) is 11.1 Å². The minimum atomic E-state index is 0.0289. The van der Waals surface area contributed by atoms with Crippen LogP contribution in [-0.2, 0) is 9.53 Å². The number of hydrogen-bond donors (Lipinski definition) is 2. The van der Waals surface area contributed by atoms with E-state index in [0.717, 1.165) is 18.7 Å². The Balaban J connectivity index is 2.21. The Hall–Kier alpha value is -0.870. The molecule has 1 aliphatic rings. The zero-order chi connectivity index (χ0) is 10.4. The van der Waals surface area contributed by atoms with Gasteiger partial charge in [-0.05, 0) is 19.4 Å². The monoisotopic (exact) mass is 198 g/mol. The second-order valence-electron chi connectivity index (χ2n) is 3.28. The first-order valence-electron chi connectivity index (χ1n) is 5.01. The van der Waals surface area contributed by atoms with Crippen molar-refractivity contribution in [2.45, 2.75) is 13.8 Å². The molecule has 0 radical (unpaired) electrons. The smallest absolute Gasteiger partial charge is 0.247 e. The maximum Gasteiger partial charge on any atom is 0.247 e. The summed E-state index contributed by atoms with van der Waals surface area (Å²) in [6.07, 6.45) is 0. The normalized spacial score (nSPS) is 14.9. The van der Waals surface area contributed by atoms with Gasteiger partial charge in [-0.3, -0.25) is 4.79 Å². The van der Waals surface area contributed by atoms with E-state index in [2.05, 4.69) is 10.6 Å². The third-order valence-electron chi connectivity index (χ3n) is 2.28. The van der Waals surface area contributed by atoms with E-state index in [0.29, 0.717) is 19.8 Å². The average Bonchev–Trinajstić information content (AvgIpc) is 2.09. The van der Waals surface area contributed by atoms with Crippen molar-refractivity contribution in [1.29, 1.82) is 0 Å². The van der Waals surface area contributed by atoms with Crippen LogP contribution in [-0.4, -0.2) is 38.8 Å². The van der Waals surface area contributed by atoms with E-state index in [1.807, 2.05) is 13.8 Å². The molecule has 0 spiro atoms. The quantitative estimate of drug-likeness (QED) is 0.485. The zero-order valence-corrected chi connectivity index (χ0v) is 8.85. The second-order valence-corrected chi connectivity index (χ2v) is 3.28. The fourth-order valence-corrected chi connectivity index (χ4v) is 1.19. The maximum atomic E-state index is 11.5. The van der Waals surface area contributed by atoms with Gasteiger partial charge >= 0.3 is 0 Å². The Kier molecular flexibility index (Phi) is 4.62. The lowest BCUT2D eigenvalue weighted by Crippen LogP contribution is -2.38. The summed E-state index contributed by atoms with van der Waals surface area (Å²) in [5, 5.41) is 5.93. The van der Waals surface area contributed by atoms with Crippen molar-refractivity contribution in [3.63, 3.8) is 0 Å². The summed E-state index contributed by atoms with van der Waals surface area (Å²) in [7, 11) is 0. The third kappa shape index (κ3) is 3.12. The van der Waals surface area contributed by atoms with Gasteiger partial charge in [0.05, 0.1) is 6.61 Å². The van der Waals surface area contributed by atoms with Crippen LogP contribution in [0.25, 0.3) is 0 Å². The summed E-state index contributed by atoms with van der Waals surface area (Å²) in [6.45, 7) is 7.38. The van der Waals surface area contributed by atoms with Gasteiger partial charge in [0.1, 0.15) is 0 Å². The van der Waals surface area contributed by atoms with Gasteiger partial charge in [-0.25, -0.2) is 0 Å². The van der Waals surface area contributed by atoms with Crippen LogP contribution >= 0.6 is 0 Å². The highest BCUT2D eigenvalue weighted by Crippen LogP contribution is 2.08. The van der Waals surface area contributed by atoms with Gasteiger partial charge in [0.25, 0.3) is 0 Å². The lowest BCUT2D eigenvalue weighted by molar-refractivity contribution is -0.117. The van der Waals surface area contributed by atoms with Gasteiger partial charge in [0, 0.05) is 31.8 Å². The largest absolute Gasteiger partial charge is 0.380 e. The Morgan fingerprint density at radius 3 is 2.79 bits per heavy atom. The highest BCUT2D eigenvalue weighted by molar-refractivity contribution is 5.93. The van der Waals surface area contributed by atoms with Crippen molar-refractivity contribution in [3.05, 3.63) is 11.1 Å². The van der Waals surface area contributed by atoms with Gasteiger partial charge in [0.2, 0.25) is 5.91 Å². The highest BCUT2D eigenvalue weighted by atomic mass is 16.5. The van der Waals surface area contributed by atoms with Crippen LogP contribution in [0.4, 0.5) is 0 Å². The molecule has 0 atom stereocenters. The van der Waals surface area contributed by atoms with Gasteiger partial charge in [-0.1, -0.05) is 0 Å². The van der Waals surface area contributed by atoms with Crippen molar-refractivity contribution in [1.82, 2.24) is 10.6 Å². The van der Waals surface area contributed by atoms with Crippen LogP contribution < -0.4 is 10.6 Å². The van der Waals surface area contributed by atoms with E-state index in [1.165, 1.54) is 5.57 Å². The van der Waals surface area contributed by atoms with Crippen LogP contribution in [0.5, 0.6) is 0 Å². The molecule has 0 aromatic heterocycles. The third-order valence-corrected chi connectivity index (χ3v) is 2.28. The predicted molar refractivity (Wildman–Crippen MR) is 55.1 cm³/mol. The van der Waals surface area contributed by atoms with Crippen molar-refractivity contribution in [2.75, 3.05) is 32.8 Å². The number of amides is 1. The average molecular weight is 198 g/mol. The predicted octanol–water partition coefficient (Wildman–Crippen LogP) is 0.0588. The number of nitrogens with one attached hydrogen (secondary N) is 2. The molecule has 1 fully saturated rings. The van der Waals surface area contributed by atoms with E-state index in [-0.39, 0.29) is 5.91 Å². The lowest BCUT2D eigenvalue weighted by atomic mass is 10.0. The fourth-order valence-electron chi connectivity index (χ4n) is 1.19. The summed E-state index contributed by atoms with van der Waals surface area (Å²) in [5.41, 5.74) is 2.05. The highest BCUT2D eigenvalue weighted by Gasteiger charge is 2.15. The van der Waals surface area contributed by atoms with Gasteiger partial charge in [0.15, 0.2) is 0 Å². The first-order chi connectivity index (χ1) is 6.75. The van der Waals surface area contributed by atoms with Gasteiger partial charge in [-0.2, -0.15) is 0 Å². The van der Waals surface area contributed by atoms with Gasteiger partial charge < -0.3 is 15.4 Å². The minimum absolute atomic E-state index is 0.0289. The Morgan fingerprint density at radius 2 is 2.29 bits per heavy atom. The van der Waals surface area contributed by atoms with Crippen LogP contribution in [0.3, 0.4) is 0 Å². The van der Waals surface area contributed by atoms with E-state index < -0.39 is 0 Å². The van der Waals surface area contributed by atoms with E-state index >= 15 is 0 Å². The molecule has 80 valence electrons. The molecule has 0 aromatic rings. The van der Waals surface area contributed by atoms with Crippen molar-refractivity contribution in [3.8, 4) is 0 Å². The summed E-state index contributed by atoms with van der Waals surface area (Å²) in [6, 6.07) is 0. The topological polar surface area (TPSA) is 50.4 Å². The Bertz CT molecular complexity index is 230. The van der Waals surface area contributed by atoms with Crippen LogP contribution in [0.1, 0.15) is 13.8 Å². The summed E-state index contributed by atoms with van der Waals surface area (Å²) < 4.78 is 5.12. The molecule has 0 aliphatic carbocycles. The van der Waals surface area contributed by atoms with E-state index in [9.17, 15) is 4.79 Å². The molecule has 1 aliphatic heterocycles. The molecule has 2 N–H and O–H groups in total. The molecule has 0 unspecified atom stereocenters. The van der Waals surface area contributed by atoms with Crippen molar-refractivity contribution in [2.24, 2.45) is 0 Å². The molecule has 4 nitrogen and oxygen atoms in total. The van der Waals surface area contributed by atoms with Crippen molar-refractivity contribution >= 4 is 5.91 Å². The van der Waals surface area contributed by atoms with Crippen molar-refractivity contribution < 1.29 is 9.53 Å². The number of ether oxygens (including phenoxy) is 1. The molecule has 14 heavy (non-hydrogen) atoms.